The van der Waals surface area contributed by atoms with E-state index in [1.54, 1.807) is 0 Å². The van der Waals surface area contributed by atoms with Gasteiger partial charge < -0.3 is 4.74 Å². The zero-order valence-corrected chi connectivity index (χ0v) is 24.3. The molecule has 0 saturated heterocycles. The number of benzene rings is 2. The number of alkyl halides is 9. The third-order valence-corrected chi connectivity index (χ3v) is 7.98. The summed E-state index contributed by atoms with van der Waals surface area (Å²) in [7, 11) is 0. The van der Waals surface area contributed by atoms with Gasteiger partial charge in [-0.1, -0.05) is 53.9 Å². The van der Waals surface area contributed by atoms with Gasteiger partial charge >= 0.3 is 18.5 Å². The van der Waals surface area contributed by atoms with Gasteiger partial charge in [0.2, 0.25) is 0 Å². The molecule has 0 saturated carbocycles. The lowest BCUT2D eigenvalue weighted by molar-refractivity contribution is -0.140. The van der Waals surface area contributed by atoms with Crippen LogP contribution in [0.2, 0.25) is 15.1 Å². The van der Waals surface area contributed by atoms with E-state index in [1.807, 2.05) is 0 Å². The Hall–Kier alpha value is -1.76. The second-order valence-corrected chi connectivity index (χ2v) is 11.1. The van der Waals surface area contributed by atoms with E-state index in [1.165, 1.54) is 13.8 Å². The van der Waals surface area contributed by atoms with Crippen molar-refractivity contribution in [3.05, 3.63) is 73.7 Å². The zero-order chi connectivity index (χ0) is 31.3. The molecule has 0 aliphatic carbocycles. The van der Waals surface area contributed by atoms with Crippen LogP contribution in [-0.4, -0.2) is 36.2 Å². The molecular weight excluding hydrogens is 654 g/mol. The molecule has 0 radical (unpaired) electrons. The van der Waals surface area contributed by atoms with Crippen molar-refractivity contribution in [3.63, 3.8) is 0 Å². The van der Waals surface area contributed by atoms with Crippen LogP contribution in [-0.2, 0) is 10.9 Å². The van der Waals surface area contributed by atoms with Crippen LogP contribution in [0.1, 0.15) is 53.2 Å². The highest BCUT2D eigenvalue weighted by atomic mass is 35.5. The van der Waals surface area contributed by atoms with Crippen molar-refractivity contribution in [2.24, 2.45) is 5.92 Å². The number of halogens is 12. The molecule has 2 aromatic carbocycles. The van der Waals surface area contributed by atoms with Gasteiger partial charge in [-0.3, -0.25) is 4.79 Å². The van der Waals surface area contributed by atoms with E-state index in [-0.39, 0.29) is 27.4 Å². The molecule has 0 aromatic heterocycles. The lowest BCUT2D eigenvalue weighted by Gasteiger charge is -2.21. The van der Waals surface area contributed by atoms with E-state index < -0.39 is 76.3 Å². The second kappa shape index (κ2) is 14.1. The number of rotatable bonds is 11. The minimum atomic E-state index is -5.09. The molecule has 2 nitrogen and oxygen atoms in total. The molecule has 0 fully saturated rings. The lowest BCUT2D eigenvalue weighted by atomic mass is 9.93. The predicted molar refractivity (Wildman–Crippen MR) is 143 cm³/mol. The SMILES string of the molecule is CCO/C(=C\C(c1cc(Cl)c(Cl)c(Cl)c1)C(F)(F)F)c1ccc(C(=O)C[C@H](C)CSCC(F)(F)F)c(C(F)(F)F)c1. The van der Waals surface area contributed by atoms with Gasteiger partial charge in [0.25, 0.3) is 0 Å². The second-order valence-electron chi connectivity index (χ2n) is 8.90. The number of thioether (sulfide) groups is 1. The third kappa shape index (κ3) is 10.5. The van der Waals surface area contributed by atoms with Gasteiger partial charge in [-0.05, 0) is 48.4 Å². The van der Waals surface area contributed by atoms with Crippen molar-refractivity contribution >= 4 is 58.1 Å². The summed E-state index contributed by atoms with van der Waals surface area (Å²) in [6.45, 7) is 2.62. The largest absolute Gasteiger partial charge is 0.494 e. The maximum absolute atomic E-state index is 14.1. The van der Waals surface area contributed by atoms with Crippen molar-refractivity contribution in [3.8, 4) is 0 Å². The molecule has 2 atom stereocenters. The summed E-state index contributed by atoms with van der Waals surface area (Å²) in [5, 5.41) is -0.735. The average Bonchev–Trinajstić information content (AvgIpc) is 2.82. The molecule has 2 rings (SSSR count). The molecule has 0 spiro atoms. The summed E-state index contributed by atoms with van der Waals surface area (Å²) in [5.41, 5.74) is -3.05. The Morgan fingerprint density at radius 3 is 2.05 bits per heavy atom. The number of carbonyl (C=O) groups excluding carboxylic acids is 1. The lowest BCUT2D eigenvalue weighted by Crippen LogP contribution is -2.20. The minimum Gasteiger partial charge on any atom is -0.494 e. The molecular formula is C26H22Cl3F9O2S. The Bertz CT molecular complexity index is 1240. The Kier molecular flexibility index (Phi) is 12.2. The van der Waals surface area contributed by atoms with Crippen LogP contribution in [0.25, 0.3) is 5.76 Å². The van der Waals surface area contributed by atoms with Gasteiger partial charge in [0.15, 0.2) is 5.78 Å². The number of hydrogen-bond donors (Lipinski definition) is 0. The van der Waals surface area contributed by atoms with Crippen LogP contribution in [0.3, 0.4) is 0 Å². The highest BCUT2D eigenvalue weighted by molar-refractivity contribution is 7.99. The Labute approximate surface area is 249 Å². The third-order valence-electron chi connectivity index (χ3n) is 5.45. The first-order valence-electron chi connectivity index (χ1n) is 11.7. The molecule has 0 amide bonds. The number of hydrogen-bond acceptors (Lipinski definition) is 3. The molecule has 0 bridgehead atoms. The van der Waals surface area contributed by atoms with Crippen LogP contribution in [0.4, 0.5) is 39.5 Å². The minimum absolute atomic E-state index is 0.126. The molecule has 228 valence electrons. The van der Waals surface area contributed by atoms with Crippen LogP contribution < -0.4 is 0 Å². The summed E-state index contributed by atoms with van der Waals surface area (Å²) < 4.78 is 127. The monoisotopic (exact) mass is 674 g/mol. The van der Waals surface area contributed by atoms with Crippen molar-refractivity contribution in [1.82, 2.24) is 0 Å². The van der Waals surface area contributed by atoms with E-state index in [9.17, 15) is 44.3 Å². The number of ether oxygens (including phenoxy) is 1. The maximum atomic E-state index is 14.1. The molecule has 0 aliphatic heterocycles. The van der Waals surface area contributed by atoms with E-state index in [0.717, 1.165) is 24.3 Å². The molecule has 0 aliphatic rings. The summed E-state index contributed by atoms with van der Waals surface area (Å²) in [5.74, 6) is -5.93. The van der Waals surface area contributed by atoms with E-state index in [2.05, 4.69) is 0 Å². The molecule has 15 heteroatoms. The summed E-state index contributed by atoms with van der Waals surface area (Å²) >= 11 is 18.1. The fraction of sp³-hybridized carbons (Fsp3) is 0.423. The normalized spacial score (nSPS) is 14.6. The summed E-state index contributed by atoms with van der Waals surface area (Å²) in [4.78, 5) is 12.7. The van der Waals surface area contributed by atoms with Gasteiger partial charge in [0.05, 0.1) is 33.0 Å². The Balaban J connectivity index is 2.52. The molecule has 0 N–H and O–H groups in total. The van der Waals surface area contributed by atoms with Gasteiger partial charge in [-0.25, -0.2) is 0 Å². The number of ketones is 1. The van der Waals surface area contributed by atoms with E-state index in [0.29, 0.717) is 23.9 Å². The smallest absolute Gasteiger partial charge is 0.417 e. The van der Waals surface area contributed by atoms with Gasteiger partial charge in [0, 0.05) is 17.5 Å². The highest BCUT2D eigenvalue weighted by Gasteiger charge is 2.41. The topological polar surface area (TPSA) is 26.3 Å². The first-order chi connectivity index (χ1) is 18.7. The van der Waals surface area contributed by atoms with Crippen molar-refractivity contribution in [1.29, 1.82) is 0 Å². The number of carbonyl (C=O) groups is 1. The fourth-order valence-electron chi connectivity index (χ4n) is 3.71. The molecule has 0 heterocycles. The fourth-order valence-corrected chi connectivity index (χ4v) is 5.19. The van der Waals surface area contributed by atoms with Gasteiger partial charge in [-0.15, -0.1) is 0 Å². The first kappa shape index (κ1) is 35.4. The van der Waals surface area contributed by atoms with Crippen molar-refractivity contribution < 1.29 is 49.0 Å². The molecule has 41 heavy (non-hydrogen) atoms. The van der Waals surface area contributed by atoms with Crippen LogP contribution in [0.15, 0.2) is 36.4 Å². The Morgan fingerprint density at radius 1 is 0.976 bits per heavy atom. The predicted octanol–water partition coefficient (Wildman–Crippen LogP) is 10.9. The van der Waals surface area contributed by atoms with E-state index >= 15 is 0 Å². The van der Waals surface area contributed by atoms with Gasteiger partial charge in [0.1, 0.15) is 11.7 Å². The van der Waals surface area contributed by atoms with Crippen LogP contribution >= 0.6 is 46.6 Å². The maximum Gasteiger partial charge on any atom is 0.417 e. The summed E-state index contributed by atoms with van der Waals surface area (Å²) in [6, 6.07) is 4.15. The quantitative estimate of drug-likeness (QED) is 0.103. The molecule has 2 aromatic rings. The standard InChI is InChI=1S/C26H22Cl3F9O2S/c1-3-40-22(10-17(25(33,34)35)15-8-19(27)23(29)20(28)9-15)14-4-5-16(18(7-14)26(36,37)38)21(39)6-13(2)11-41-12-24(30,31)32/h4-5,7-10,13,17H,3,6,11-12H2,1-2H3/b22-10-/t13-,17?/m0/s1. The number of allylic oxidation sites excluding steroid dienone is 1. The zero-order valence-electron chi connectivity index (χ0n) is 21.2. The van der Waals surface area contributed by atoms with E-state index in [4.69, 9.17) is 39.5 Å². The van der Waals surface area contributed by atoms with Crippen LogP contribution in [0.5, 0.6) is 0 Å². The first-order valence-corrected chi connectivity index (χ1v) is 14.0. The molecule has 1 unspecified atom stereocenters. The van der Waals surface area contributed by atoms with Crippen LogP contribution in [0, 0.1) is 5.92 Å². The van der Waals surface area contributed by atoms with Crippen molar-refractivity contribution in [2.75, 3.05) is 18.1 Å². The average molecular weight is 676 g/mol. The van der Waals surface area contributed by atoms with Crippen molar-refractivity contribution in [2.45, 2.75) is 44.7 Å². The summed E-state index contributed by atoms with van der Waals surface area (Å²) in [6.07, 6.45) is -14.4. The van der Waals surface area contributed by atoms with Gasteiger partial charge in [-0.2, -0.15) is 51.3 Å². The highest BCUT2D eigenvalue weighted by Crippen LogP contribution is 2.43. The Morgan fingerprint density at radius 2 is 1.56 bits per heavy atom. The number of Topliss-reactive ketones (excluding diaryl/α,β-unsaturated/α-hetero) is 1.